The molecule has 0 radical (unpaired) electrons. The van der Waals surface area contributed by atoms with Gasteiger partial charge < -0.3 is 14.6 Å². The Labute approximate surface area is 284 Å². The molecule has 0 aliphatic carbocycles. The summed E-state index contributed by atoms with van der Waals surface area (Å²) in [6.45, 7) is 3.16. The highest BCUT2D eigenvalue weighted by molar-refractivity contribution is 7.99. The number of thioether (sulfide) groups is 1. The monoisotopic (exact) mass is 687 g/mol. The number of amides is 2. The molecule has 14 heteroatoms. The Bertz CT molecular complexity index is 1920. The van der Waals surface area contributed by atoms with Crippen molar-refractivity contribution >= 4 is 39.3 Å². The highest BCUT2D eigenvalue weighted by atomic mass is 32.2. The smallest absolute Gasteiger partial charge is 0.253 e. The summed E-state index contributed by atoms with van der Waals surface area (Å²) in [6, 6.07) is 21.5. The fourth-order valence-electron chi connectivity index (χ4n) is 5.68. The number of methoxy groups -OCH3 is 1. The number of aryl methyl sites for hydroxylation is 1. The van der Waals surface area contributed by atoms with Crippen LogP contribution >= 0.6 is 11.8 Å². The maximum absolute atomic E-state index is 13.6. The summed E-state index contributed by atoms with van der Waals surface area (Å²) in [4.78, 5) is 26.6. The minimum atomic E-state index is -3.55. The number of benzene rings is 3. The normalized spacial score (nSPS) is 16.6. The second-order valence-corrected chi connectivity index (χ2v) is 14.6. The Morgan fingerprint density at radius 3 is 2.31 bits per heavy atom. The van der Waals surface area contributed by atoms with E-state index in [1.807, 2.05) is 55.5 Å². The molecular formula is C34H37N7O5S2. The van der Waals surface area contributed by atoms with Crippen molar-refractivity contribution in [1.29, 1.82) is 0 Å². The first-order valence-corrected chi connectivity index (χ1v) is 18.1. The van der Waals surface area contributed by atoms with Gasteiger partial charge >= 0.3 is 0 Å². The van der Waals surface area contributed by atoms with E-state index >= 15 is 0 Å². The third-order valence-corrected chi connectivity index (χ3v) is 11.4. The van der Waals surface area contributed by atoms with Crippen molar-refractivity contribution in [1.82, 2.24) is 29.4 Å². The van der Waals surface area contributed by atoms with E-state index in [0.29, 0.717) is 36.1 Å². The molecule has 2 amide bonds. The highest BCUT2D eigenvalue weighted by Crippen LogP contribution is 2.34. The standard InChI is InChI=1S/C34H37N7O5S2/c1-23-6-8-25(9-7-23)30-20-29(24-10-14-27(46-3)15-11-24)38-41(30)32(42)22-47-34-37-36-31(39(34)2)21-35-33(43)26-12-16-28(17-13-26)48(44,45)40-18-4-5-19-40/h6-17,30H,4-5,18-22H2,1-3H3,(H,35,43). The zero-order valence-electron chi connectivity index (χ0n) is 27.0. The summed E-state index contributed by atoms with van der Waals surface area (Å²) in [7, 11) is -0.157. The van der Waals surface area contributed by atoms with Crippen molar-refractivity contribution in [3.8, 4) is 5.75 Å². The van der Waals surface area contributed by atoms with E-state index < -0.39 is 10.0 Å². The van der Waals surface area contributed by atoms with Crippen LogP contribution in [0.5, 0.6) is 5.75 Å². The molecule has 6 rings (SSSR count). The maximum Gasteiger partial charge on any atom is 0.253 e. The van der Waals surface area contributed by atoms with Crippen LogP contribution in [0.25, 0.3) is 0 Å². The van der Waals surface area contributed by atoms with Crippen LogP contribution in [-0.2, 0) is 28.4 Å². The van der Waals surface area contributed by atoms with Gasteiger partial charge in [0.05, 0.1) is 36.1 Å². The number of nitrogens with zero attached hydrogens (tertiary/aromatic N) is 6. The summed E-state index contributed by atoms with van der Waals surface area (Å²) >= 11 is 1.25. The van der Waals surface area contributed by atoms with E-state index in [-0.39, 0.29) is 35.0 Å². The number of sulfonamides is 1. The largest absolute Gasteiger partial charge is 0.497 e. The molecule has 1 aromatic heterocycles. The van der Waals surface area contributed by atoms with Gasteiger partial charge in [0.2, 0.25) is 10.0 Å². The number of hydrogen-bond donors (Lipinski definition) is 1. The number of hydrogen-bond acceptors (Lipinski definition) is 9. The first kappa shape index (κ1) is 33.4. The quantitative estimate of drug-likeness (QED) is 0.230. The van der Waals surface area contributed by atoms with Gasteiger partial charge in [-0.15, -0.1) is 10.2 Å². The lowest BCUT2D eigenvalue weighted by molar-refractivity contribution is -0.130. The van der Waals surface area contributed by atoms with Gasteiger partial charge in [0.25, 0.3) is 11.8 Å². The van der Waals surface area contributed by atoms with Crippen molar-refractivity contribution < 1.29 is 22.7 Å². The number of hydrazone groups is 1. The third kappa shape index (κ3) is 7.15. The van der Waals surface area contributed by atoms with Gasteiger partial charge in [-0.05, 0) is 79.4 Å². The molecule has 250 valence electrons. The molecule has 3 aromatic carbocycles. The molecule has 4 aromatic rings. The van der Waals surface area contributed by atoms with Crippen LogP contribution in [0.4, 0.5) is 0 Å². The van der Waals surface area contributed by atoms with Crippen molar-refractivity contribution in [2.45, 2.75) is 48.8 Å². The Hall–Kier alpha value is -4.53. The van der Waals surface area contributed by atoms with Gasteiger partial charge in [-0.25, -0.2) is 13.4 Å². The molecule has 0 saturated carbocycles. The molecule has 0 bridgehead atoms. The molecule has 2 aliphatic rings. The summed E-state index contributed by atoms with van der Waals surface area (Å²) in [5, 5.41) is 18.1. The van der Waals surface area contributed by atoms with Crippen LogP contribution in [0.2, 0.25) is 0 Å². The van der Waals surface area contributed by atoms with E-state index in [1.165, 1.54) is 40.3 Å². The lowest BCUT2D eigenvalue weighted by atomic mass is 9.97. The summed E-state index contributed by atoms with van der Waals surface area (Å²) in [5.74, 6) is 0.813. The van der Waals surface area contributed by atoms with Crippen molar-refractivity contribution in [3.05, 3.63) is 101 Å². The van der Waals surface area contributed by atoms with Gasteiger partial charge in [-0.2, -0.15) is 9.41 Å². The molecule has 3 heterocycles. The minimum absolute atomic E-state index is 0.0901. The van der Waals surface area contributed by atoms with Crippen LogP contribution in [-0.4, -0.2) is 76.0 Å². The molecule has 1 atom stereocenters. The predicted molar refractivity (Wildman–Crippen MR) is 182 cm³/mol. The lowest BCUT2D eigenvalue weighted by Gasteiger charge is -2.22. The molecule has 2 aliphatic heterocycles. The van der Waals surface area contributed by atoms with Gasteiger partial charge in [-0.1, -0.05) is 41.6 Å². The van der Waals surface area contributed by atoms with Crippen molar-refractivity contribution in [3.63, 3.8) is 0 Å². The minimum Gasteiger partial charge on any atom is -0.497 e. The second kappa shape index (κ2) is 14.3. The maximum atomic E-state index is 13.6. The first-order chi connectivity index (χ1) is 23.1. The third-order valence-electron chi connectivity index (χ3n) is 8.53. The van der Waals surface area contributed by atoms with Gasteiger partial charge in [0, 0.05) is 32.1 Å². The fraction of sp³-hybridized carbons (Fsp3) is 0.324. The summed E-state index contributed by atoms with van der Waals surface area (Å²) < 4.78 is 34.1. The van der Waals surface area contributed by atoms with Crippen molar-refractivity contribution in [2.75, 3.05) is 26.0 Å². The average Bonchev–Trinajstić information content (AvgIpc) is 3.88. The Balaban J connectivity index is 1.08. The summed E-state index contributed by atoms with van der Waals surface area (Å²) in [6.07, 6.45) is 2.29. The van der Waals surface area contributed by atoms with E-state index in [1.54, 1.807) is 23.7 Å². The Morgan fingerprint density at radius 2 is 1.65 bits per heavy atom. The van der Waals surface area contributed by atoms with Gasteiger partial charge in [0.15, 0.2) is 11.0 Å². The molecule has 48 heavy (non-hydrogen) atoms. The number of ether oxygens (including phenoxy) is 1. The molecule has 1 fully saturated rings. The summed E-state index contributed by atoms with van der Waals surface area (Å²) in [5.41, 5.74) is 4.23. The van der Waals surface area contributed by atoms with Crippen LogP contribution in [0.15, 0.2) is 87.9 Å². The van der Waals surface area contributed by atoms with Crippen LogP contribution in [0.1, 0.15) is 58.2 Å². The van der Waals surface area contributed by atoms with E-state index in [4.69, 9.17) is 9.84 Å². The van der Waals surface area contributed by atoms with E-state index in [2.05, 4.69) is 15.5 Å². The molecular weight excluding hydrogens is 651 g/mol. The topological polar surface area (TPSA) is 139 Å². The van der Waals surface area contributed by atoms with Gasteiger partial charge in [-0.3, -0.25) is 9.59 Å². The molecule has 1 saturated heterocycles. The zero-order valence-corrected chi connectivity index (χ0v) is 28.6. The highest BCUT2D eigenvalue weighted by Gasteiger charge is 2.33. The van der Waals surface area contributed by atoms with Crippen LogP contribution in [0, 0.1) is 6.92 Å². The van der Waals surface area contributed by atoms with Crippen molar-refractivity contribution in [2.24, 2.45) is 12.1 Å². The number of nitrogens with one attached hydrogen (secondary N) is 1. The Kier molecular flexibility index (Phi) is 9.94. The molecule has 12 nitrogen and oxygen atoms in total. The van der Waals surface area contributed by atoms with Crippen LogP contribution in [0.3, 0.4) is 0 Å². The lowest BCUT2D eigenvalue weighted by Crippen LogP contribution is -2.28. The molecule has 1 unspecified atom stereocenters. The molecule has 1 N–H and O–H groups in total. The second-order valence-electron chi connectivity index (χ2n) is 11.7. The Morgan fingerprint density at radius 1 is 0.958 bits per heavy atom. The number of carbonyl (C=O) groups excluding carboxylic acids is 2. The molecule has 0 spiro atoms. The van der Waals surface area contributed by atoms with E-state index in [9.17, 15) is 18.0 Å². The van der Waals surface area contributed by atoms with E-state index in [0.717, 1.165) is 41.0 Å². The SMILES string of the molecule is COc1ccc(C2=NN(C(=O)CSc3nnc(CNC(=O)c4ccc(S(=O)(=O)N5CCCC5)cc4)n3C)C(c3ccc(C)cc3)C2)cc1. The number of rotatable bonds is 11. The van der Waals surface area contributed by atoms with Gasteiger partial charge in [0.1, 0.15) is 5.75 Å². The number of aromatic nitrogens is 3. The first-order valence-electron chi connectivity index (χ1n) is 15.6. The fourth-order valence-corrected chi connectivity index (χ4v) is 7.98. The predicted octanol–water partition coefficient (Wildman–Crippen LogP) is 4.32. The number of carbonyl (C=O) groups is 2. The average molecular weight is 688 g/mol. The zero-order chi connectivity index (χ0) is 33.8. The van der Waals surface area contributed by atoms with Crippen LogP contribution < -0.4 is 10.1 Å².